The van der Waals surface area contributed by atoms with E-state index in [1.165, 1.54) is 61.3 Å². The molecule has 2 heteroatoms. The van der Waals surface area contributed by atoms with Gasteiger partial charge in [0.1, 0.15) is 0 Å². The molecule has 178 valence electrons. The maximum absolute atomic E-state index is 3.82. The van der Waals surface area contributed by atoms with E-state index in [1.54, 1.807) is 0 Å². The molecule has 0 fully saturated rings. The maximum Gasteiger partial charge on any atom is 0.0458 e. The summed E-state index contributed by atoms with van der Waals surface area (Å²) in [5, 5.41) is 7.60. The number of hydrogen-bond acceptors (Lipinski definition) is 2. The number of anilines is 1. The molecule has 2 N–H and O–H groups in total. The van der Waals surface area contributed by atoms with E-state index >= 15 is 0 Å². The van der Waals surface area contributed by atoms with Crippen molar-refractivity contribution in [3.05, 3.63) is 112 Å². The summed E-state index contributed by atoms with van der Waals surface area (Å²) in [6.45, 7) is 9.51. The molecule has 35 heavy (non-hydrogen) atoms. The summed E-state index contributed by atoms with van der Waals surface area (Å²) in [7, 11) is 0. The molecule has 4 aromatic rings. The van der Waals surface area contributed by atoms with Gasteiger partial charge in [-0.2, -0.15) is 0 Å². The van der Waals surface area contributed by atoms with Crippen LogP contribution in [0.4, 0.5) is 5.69 Å². The lowest BCUT2D eigenvalue weighted by atomic mass is 9.80. The van der Waals surface area contributed by atoms with Crippen LogP contribution in [-0.4, -0.2) is 6.54 Å². The number of nitrogens with one attached hydrogen (secondary N) is 2. The molecule has 0 amide bonds. The van der Waals surface area contributed by atoms with Gasteiger partial charge in [0.05, 0.1) is 0 Å². The number of rotatable bonds is 8. The van der Waals surface area contributed by atoms with Crippen LogP contribution in [0, 0.1) is 13.8 Å². The van der Waals surface area contributed by atoms with Gasteiger partial charge in [-0.05, 0) is 84.2 Å². The van der Waals surface area contributed by atoms with E-state index in [4.69, 9.17) is 0 Å². The fourth-order valence-corrected chi connectivity index (χ4v) is 5.57. The van der Waals surface area contributed by atoms with Crippen LogP contribution in [0.15, 0.2) is 78.9 Å². The quantitative estimate of drug-likeness (QED) is 0.262. The summed E-state index contributed by atoms with van der Waals surface area (Å²) < 4.78 is 0. The average molecular weight is 461 g/mol. The highest BCUT2D eigenvalue weighted by molar-refractivity contribution is 5.94. The second-order valence-electron chi connectivity index (χ2n) is 9.70. The van der Waals surface area contributed by atoms with Crippen molar-refractivity contribution in [1.82, 2.24) is 5.32 Å². The lowest BCUT2D eigenvalue weighted by Crippen LogP contribution is -2.20. The third kappa shape index (κ3) is 4.76. The number of hydrogen-bond donors (Lipinski definition) is 2. The smallest absolute Gasteiger partial charge is 0.0458 e. The van der Waals surface area contributed by atoms with E-state index in [2.05, 4.69) is 110 Å². The Hall–Kier alpha value is -3.36. The van der Waals surface area contributed by atoms with Gasteiger partial charge < -0.3 is 10.6 Å². The summed E-state index contributed by atoms with van der Waals surface area (Å²) in [6.07, 6.45) is 3.26. The van der Waals surface area contributed by atoms with E-state index in [9.17, 15) is 0 Å². The Morgan fingerprint density at radius 1 is 0.800 bits per heavy atom. The molecule has 0 saturated carbocycles. The first kappa shape index (κ1) is 23.4. The van der Waals surface area contributed by atoms with Crippen molar-refractivity contribution in [2.75, 3.05) is 11.9 Å². The van der Waals surface area contributed by atoms with E-state index in [1.807, 2.05) is 0 Å². The molecule has 2 nitrogen and oxygen atoms in total. The van der Waals surface area contributed by atoms with Gasteiger partial charge >= 0.3 is 0 Å². The minimum Gasteiger partial charge on any atom is -0.380 e. The summed E-state index contributed by atoms with van der Waals surface area (Å²) in [4.78, 5) is 0. The van der Waals surface area contributed by atoms with Crippen LogP contribution in [0.25, 0.3) is 22.3 Å². The Balaban J connectivity index is 1.55. The average Bonchev–Trinajstić information content (AvgIpc) is 2.90. The highest BCUT2D eigenvalue weighted by Gasteiger charge is 2.26. The second kappa shape index (κ2) is 10.5. The molecular formula is C33H36N2. The first-order chi connectivity index (χ1) is 17.2. The molecule has 0 saturated heterocycles. The molecule has 0 aromatic heterocycles. The van der Waals surface area contributed by atoms with E-state index in [0.717, 1.165) is 38.9 Å². The van der Waals surface area contributed by atoms with Crippen LogP contribution in [0.2, 0.25) is 0 Å². The van der Waals surface area contributed by atoms with Crippen LogP contribution in [-0.2, 0) is 25.9 Å². The molecule has 1 heterocycles. The minimum atomic E-state index is 0.865. The fraction of sp³-hybridized carbons (Fsp3) is 0.273. The summed E-state index contributed by atoms with van der Waals surface area (Å²) in [6, 6.07) is 28.8. The van der Waals surface area contributed by atoms with E-state index in [-0.39, 0.29) is 0 Å². The van der Waals surface area contributed by atoms with Gasteiger partial charge in [0, 0.05) is 24.3 Å². The Kier molecular flexibility index (Phi) is 7.01. The Labute approximate surface area is 210 Å². The first-order valence-electron chi connectivity index (χ1n) is 13.0. The number of benzene rings is 4. The highest BCUT2D eigenvalue weighted by atomic mass is 14.9. The second-order valence-corrected chi connectivity index (χ2v) is 9.70. The van der Waals surface area contributed by atoms with E-state index in [0.29, 0.717) is 0 Å². The van der Waals surface area contributed by atoms with Crippen molar-refractivity contribution in [1.29, 1.82) is 0 Å². The molecule has 0 bridgehead atoms. The zero-order valence-electron chi connectivity index (χ0n) is 21.2. The van der Waals surface area contributed by atoms with Crippen LogP contribution in [0.1, 0.15) is 46.7 Å². The fourth-order valence-electron chi connectivity index (χ4n) is 5.57. The molecule has 1 aliphatic rings. The van der Waals surface area contributed by atoms with Gasteiger partial charge in [0.15, 0.2) is 0 Å². The van der Waals surface area contributed by atoms with Crippen LogP contribution < -0.4 is 10.6 Å². The van der Waals surface area contributed by atoms with Gasteiger partial charge in [-0.25, -0.2) is 0 Å². The molecule has 0 spiro atoms. The highest BCUT2D eigenvalue weighted by Crippen LogP contribution is 2.46. The van der Waals surface area contributed by atoms with Crippen LogP contribution >= 0.6 is 0 Å². The normalized spacial score (nSPS) is 12.1. The number of fused-ring (bicyclic) bond motifs is 3. The van der Waals surface area contributed by atoms with Gasteiger partial charge in [-0.1, -0.05) is 91.3 Å². The van der Waals surface area contributed by atoms with Crippen molar-refractivity contribution >= 4 is 5.69 Å². The van der Waals surface area contributed by atoms with Gasteiger partial charge in [0.25, 0.3) is 0 Å². The Morgan fingerprint density at radius 2 is 1.54 bits per heavy atom. The van der Waals surface area contributed by atoms with Crippen molar-refractivity contribution in [3.8, 4) is 22.3 Å². The third-order valence-electron chi connectivity index (χ3n) is 7.38. The zero-order chi connectivity index (χ0) is 24.2. The predicted octanol–water partition coefficient (Wildman–Crippen LogP) is 7.85. The Morgan fingerprint density at radius 3 is 2.31 bits per heavy atom. The molecule has 0 aliphatic carbocycles. The van der Waals surface area contributed by atoms with Gasteiger partial charge in [-0.15, -0.1) is 0 Å². The first-order valence-corrected chi connectivity index (χ1v) is 13.0. The van der Waals surface area contributed by atoms with Crippen molar-refractivity contribution in [2.24, 2.45) is 0 Å². The summed E-state index contributed by atoms with van der Waals surface area (Å²) in [5.74, 6) is 0. The van der Waals surface area contributed by atoms with Crippen molar-refractivity contribution < 1.29 is 0 Å². The largest absolute Gasteiger partial charge is 0.380 e. The topological polar surface area (TPSA) is 24.1 Å². The Bertz CT molecular complexity index is 1300. The van der Waals surface area contributed by atoms with Gasteiger partial charge in [-0.3, -0.25) is 0 Å². The molecule has 0 unspecified atom stereocenters. The van der Waals surface area contributed by atoms with Crippen molar-refractivity contribution in [2.45, 2.75) is 53.1 Å². The lowest BCUT2D eigenvalue weighted by Gasteiger charge is -2.30. The standard InChI is InChI=1S/C33H36N2/c1-4-28-24(3)33-32(29-15-9-8-14-27(29)21-35-33)30(31(28)26-18-16-23(2)17-19-26)22-34-20-10-13-25-11-6-5-7-12-25/h5-9,11-12,14-19,34-35H,4,10,13,20-22H2,1-3H3. The minimum absolute atomic E-state index is 0.865. The number of aryl methyl sites for hydroxylation is 2. The molecule has 4 aromatic carbocycles. The van der Waals surface area contributed by atoms with E-state index < -0.39 is 0 Å². The van der Waals surface area contributed by atoms with Crippen LogP contribution in [0.5, 0.6) is 0 Å². The molecule has 0 radical (unpaired) electrons. The summed E-state index contributed by atoms with van der Waals surface area (Å²) in [5.41, 5.74) is 15.2. The molecule has 0 atom stereocenters. The maximum atomic E-state index is 3.82. The van der Waals surface area contributed by atoms with Gasteiger partial charge in [0.2, 0.25) is 0 Å². The molecular weight excluding hydrogens is 424 g/mol. The predicted molar refractivity (Wildman–Crippen MR) is 150 cm³/mol. The molecule has 1 aliphatic heterocycles. The SMILES string of the molecule is CCc1c(C)c2c(c(CNCCCc3ccccc3)c1-c1ccc(C)cc1)-c1ccccc1CN2. The van der Waals surface area contributed by atoms with Crippen molar-refractivity contribution in [3.63, 3.8) is 0 Å². The monoisotopic (exact) mass is 460 g/mol. The zero-order valence-corrected chi connectivity index (χ0v) is 21.2. The lowest BCUT2D eigenvalue weighted by molar-refractivity contribution is 0.650. The summed E-state index contributed by atoms with van der Waals surface area (Å²) >= 11 is 0. The molecule has 5 rings (SSSR count). The van der Waals surface area contributed by atoms with Crippen LogP contribution in [0.3, 0.4) is 0 Å². The third-order valence-corrected chi connectivity index (χ3v) is 7.38.